The Bertz CT molecular complexity index is 1420. The lowest BCUT2D eigenvalue weighted by molar-refractivity contribution is -0.135. The zero-order valence-electron chi connectivity index (χ0n) is 26.1. The summed E-state index contributed by atoms with van der Waals surface area (Å²) >= 11 is 0. The molecule has 1 saturated carbocycles. The first-order valence-electron chi connectivity index (χ1n) is 15.9. The molecule has 1 aromatic carbocycles. The number of para-hydroxylation sites is 1. The van der Waals surface area contributed by atoms with Gasteiger partial charge in [0.25, 0.3) is 0 Å². The number of nitrogens with one attached hydrogen (secondary N) is 2. The minimum absolute atomic E-state index is 0.228. The van der Waals surface area contributed by atoms with Gasteiger partial charge in [-0.1, -0.05) is 24.3 Å². The second kappa shape index (κ2) is 13.1. The summed E-state index contributed by atoms with van der Waals surface area (Å²) in [6.45, 7) is 9.67. The molecule has 3 heterocycles. The van der Waals surface area contributed by atoms with Crippen LogP contribution < -0.4 is 16.3 Å². The molecule has 0 radical (unpaired) electrons. The number of ether oxygens (including phenoxy) is 1. The van der Waals surface area contributed by atoms with E-state index in [1.807, 2.05) is 39.0 Å². The molecular formula is C33H47N5O5. The molecule has 2 aromatic rings. The van der Waals surface area contributed by atoms with Crippen molar-refractivity contribution < 1.29 is 19.1 Å². The number of aromatic nitrogens is 2. The zero-order chi connectivity index (χ0) is 30.7. The van der Waals surface area contributed by atoms with Gasteiger partial charge in [-0.3, -0.25) is 24.0 Å². The maximum Gasteiger partial charge on any atom is 0.407 e. The third-order valence-electron chi connectivity index (χ3n) is 9.25. The minimum Gasteiger partial charge on any atom is -0.444 e. The number of likely N-dealkylation sites (tertiary alicyclic amines) is 1. The van der Waals surface area contributed by atoms with Crippen LogP contribution in [0.25, 0.3) is 17.1 Å². The lowest BCUT2D eigenvalue weighted by Gasteiger charge is -2.36. The van der Waals surface area contributed by atoms with Crippen molar-refractivity contribution in [2.45, 2.75) is 83.8 Å². The van der Waals surface area contributed by atoms with Gasteiger partial charge in [-0.05, 0) is 103 Å². The number of piperidine rings is 2. The van der Waals surface area contributed by atoms with Crippen molar-refractivity contribution in [1.29, 1.82) is 0 Å². The van der Waals surface area contributed by atoms with E-state index in [1.165, 1.54) is 17.4 Å². The molecule has 234 valence electrons. The molecule has 1 unspecified atom stereocenters. The molecule has 3 fully saturated rings. The number of hydrogen-bond acceptors (Lipinski definition) is 6. The summed E-state index contributed by atoms with van der Waals surface area (Å²) in [5, 5.41) is 5.32. The van der Waals surface area contributed by atoms with E-state index in [0.717, 1.165) is 62.3 Å². The maximum atomic E-state index is 13.2. The molecule has 0 spiro atoms. The Labute approximate surface area is 253 Å². The number of aryl methyl sites for hydroxylation is 1. The third-order valence-corrected chi connectivity index (χ3v) is 9.25. The molecule has 1 atom stereocenters. The second-order valence-electron chi connectivity index (χ2n) is 13.7. The van der Waals surface area contributed by atoms with Gasteiger partial charge in [-0.2, -0.15) is 0 Å². The molecule has 2 N–H and O–H groups in total. The van der Waals surface area contributed by atoms with Gasteiger partial charge in [-0.25, -0.2) is 9.59 Å². The van der Waals surface area contributed by atoms with E-state index in [2.05, 4.69) is 27.7 Å². The van der Waals surface area contributed by atoms with E-state index < -0.39 is 17.6 Å². The fraction of sp³-hybridized carbons (Fsp3) is 0.636. The number of allylic oxidation sites excluding steroid dienone is 1. The number of carbonyl (C=O) groups excluding carboxylic acids is 3. The summed E-state index contributed by atoms with van der Waals surface area (Å²) in [5.41, 5.74) is 1.78. The summed E-state index contributed by atoms with van der Waals surface area (Å²) in [5.74, 6) is 1.03. The van der Waals surface area contributed by atoms with E-state index >= 15 is 0 Å². The molecule has 3 aliphatic rings. The van der Waals surface area contributed by atoms with Crippen LogP contribution in [-0.4, -0.2) is 63.7 Å². The first kappa shape index (κ1) is 31.0. The number of imidazole rings is 1. The lowest BCUT2D eigenvalue weighted by Crippen LogP contribution is -2.44. The Morgan fingerprint density at radius 2 is 1.72 bits per heavy atom. The number of hydrogen-bond donors (Lipinski definition) is 2. The number of fused-ring (bicyclic) bond motifs is 1. The van der Waals surface area contributed by atoms with Crippen molar-refractivity contribution in [3.63, 3.8) is 0 Å². The van der Waals surface area contributed by atoms with Crippen molar-refractivity contribution in [3.05, 3.63) is 40.3 Å². The fourth-order valence-corrected chi connectivity index (χ4v) is 6.93. The number of imide groups is 1. The predicted molar refractivity (Wildman–Crippen MR) is 166 cm³/mol. The maximum absolute atomic E-state index is 13.2. The molecule has 1 aliphatic carbocycles. The van der Waals surface area contributed by atoms with E-state index in [9.17, 15) is 19.2 Å². The lowest BCUT2D eigenvalue weighted by atomic mass is 9.81. The Balaban J connectivity index is 1.11. The smallest absolute Gasteiger partial charge is 0.407 e. The van der Waals surface area contributed by atoms with Gasteiger partial charge in [0.2, 0.25) is 11.8 Å². The highest BCUT2D eigenvalue weighted by Crippen LogP contribution is 2.31. The van der Waals surface area contributed by atoms with E-state index in [4.69, 9.17) is 4.74 Å². The van der Waals surface area contributed by atoms with Crippen molar-refractivity contribution in [2.75, 3.05) is 26.2 Å². The van der Waals surface area contributed by atoms with Crippen LogP contribution in [0.3, 0.4) is 0 Å². The van der Waals surface area contributed by atoms with Crippen molar-refractivity contribution in [3.8, 4) is 0 Å². The molecule has 10 heteroatoms. The van der Waals surface area contributed by atoms with Gasteiger partial charge in [0.15, 0.2) is 0 Å². The molecule has 0 bridgehead atoms. The number of benzene rings is 1. The molecule has 10 nitrogen and oxygen atoms in total. The monoisotopic (exact) mass is 593 g/mol. The van der Waals surface area contributed by atoms with Gasteiger partial charge in [0.1, 0.15) is 11.6 Å². The van der Waals surface area contributed by atoms with E-state index in [1.54, 1.807) is 11.6 Å². The van der Waals surface area contributed by atoms with Crippen LogP contribution in [-0.2, 0) is 21.4 Å². The highest BCUT2D eigenvalue weighted by atomic mass is 16.6. The number of rotatable bonds is 7. The fourth-order valence-electron chi connectivity index (χ4n) is 6.93. The molecule has 2 aliphatic heterocycles. The number of amides is 3. The highest BCUT2D eigenvalue weighted by Gasteiger charge is 2.32. The summed E-state index contributed by atoms with van der Waals surface area (Å²) in [7, 11) is 1.74. The van der Waals surface area contributed by atoms with Crippen LogP contribution in [0.4, 0.5) is 4.79 Å². The summed E-state index contributed by atoms with van der Waals surface area (Å²) < 4.78 is 8.52. The number of alkyl carbamates (subject to hydrolysis) is 1. The van der Waals surface area contributed by atoms with E-state index in [-0.39, 0.29) is 24.1 Å². The molecular weight excluding hydrogens is 546 g/mol. The first-order chi connectivity index (χ1) is 20.5. The number of nitrogens with zero attached hydrogens (tertiary/aromatic N) is 3. The van der Waals surface area contributed by atoms with Gasteiger partial charge < -0.3 is 15.0 Å². The average molecular weight is 594 g/mol. The van der Waals surface area contributed by atoms with E-state index in [0.29, 0.717) is 30.3 Å². The summed E-state index contributed by atoms with van der Waals surface area (Å²) in [4.78, 5) is 52.0. The van der Waals surface area contributed by atoms with Crippen LogP contribution in [0.5, 0.6) is 0 Å². The van der Waals surface area contributed by atoms with Gasteiger partial charge >= 0.3 is 11.8 Å². The normalized spacial score (nSPS) is 24.4. The Morgan fingerprint density at radius 3 is 2.40 bits per heavy atom. The predicted octanol–water partition coefficient (Wildman–Crippen LogP) is 4.37. The molecule has 5 rings (SSSR count). The van der Waals surface area contributed by atoms with Crippen LogP contribution in [0, 0.1) is 17.8 Å². The summed E-state index contributed by atoms with van der Waals surface area (Å²) in [6, 6.07) is 5.14. The Kier molecular flexibility index (Phi) is 9.44. The number of carbonyl (C=O) groups is 3. The van der Waals surface area contributed by atoms with Crippen molar-refractivity contribution >= 4 is 35.0 Å². The van der Waals surface area contributed by atoms with Gasteiger partial charge in [0.05, 0.1) is 11.0 Å². The third kappa shape index (κ3) is 7.58. The summed E-state index contributed by atoms with van der Waals surface area (Å²) in [6.07, 6.45) is 11.6. The quantitative estimate of drug-likeness (QED) is 0.461. The largest absolute Gasteiger partial charge is 0.444 e. The molecule has 43 heavy (non-hydrogen) atoms. The second-order valence-corrected chi connectivity index (χ2v) is 13.7. The van der Waals surface area contributed by atoms with Gasteiger partial charge in [-0.15, -0.1) is 0 Å². The Morgan fingerprint density at radius 1 is 1.02 bits per heavy atom. The zero-order valence-corrected chi connectivity index (χ0v) is 26.1. The standard InChI is InChI=1S/C33H47N5O5/c1-33(2,3)43-31(41)34-20-23-8-10-24(11-9-23)21-37-18-16-22(17-19-37)12-13-25-6-5-7-26-29(25)36(4)32(42)38(26)27-14-15-28(39)35-30(27)40/h5-7,12-13,22-24,27H,8-11,14-21H2,1-4H3,(H,34,41)(H,35,39,40). The highest BCUT2D eigenvalue weighted by molar-refractivity contribution is 6.00. The van der Waals surface area contributed by atoms with Crippen LogP contribution >= 0.6 is 0 Å². The SMILES string of the molecule is Cn1c(=O)n(C2CCC(=O)NC2=O)c2cccc(C=CC3CCN(CC4CCC(CNC(=O)OC(C)(C)C)CC4)CC3)c21. The van der Waals surface area contributed by atoms with Crippen LogP contribution in [0.15, 0.2) is 29.1 Å². The topological polar surface area (TPSA) is 115 Å². The van der Waals surface area contributed by atoms with Crippen molar-refractivity contribution in [2.24, 2.45) is 24.8 Å². The average Bonchev–Trinajstić information content (AvgIpc) is 3.21. The molecule has 2 saturated heterocycles. The minimum atomic E-state index is -0.679. The molecule has 3 amide bonds. The Hall–Kier alpha value is -3.40. The van der Waals surface area contributed by atoms with Gasteiger partial charge in [0, 0.05) is 32.1 Å². The molecule has 1 aromatic heterocycles. The van der Waals surface area contributed by atoms with Crippen molar-refractivity contribution in [1.82, 2.24) is 24.7 Å². The first-order valence-corrected chi connectivity index (χ1v) is 15.9. The van der Waals surface area contributed by atoms with Crippen LogP contribution in [0.1, 0.15) is 83.7 Å². The van der Waals surface area contributed by atoms with Crippen LogP contribution in [0.2, 0.25) is 0 Å².